The van der Waals surface area contributed by atoms with Crippen LogP contribution in [0.25, 0.3) is 0 Å². The number of morpholine rings is 1. The lowest BCUT2D eigenvalue weighted by Gasteiger charge is -2.26. The summed E-state index contributed by atoms with van der Waals surface area (Å²) < 4.78 is 32.3. The number of amides is 1. The number of sulfonamides is 1. The van der Waals surface area contributed by atoms with Crippen molar-refractivity contribution >= 4 is 39.7 Å². The van der Waals surface area contributed by atoms with Crippen molar-refractivity contribution in [2.75, 3.05) is 43.5 Å². The minimum Gasteiger partial charge on any atom is -0.383 e. The smallest absolute Gasteiger partial charge is 0.243 e. The predicted molar refractivity (Wildman–Crippen MR) is 109 cm³/mol. The first-order chi connectivity index (χ1) is 12.4. The zero-order chi connectivity index (χ0) is 19.2. The van der Waals surface area contributed by atoms with Gasteiger partial charge in [-0.15, -0.1) is 12.4 Å². The van der Waals surface area contributed by atoms with Crippen LogP contribution in [-0.2, 0) is 19.6 Å². The van der Waals surface area contributed by atoms with Crippen molar-refractivity contribution in [2.45, 2.75) is 37.6 Å². The highest BCUT2D eigenvalue weighted by Gasteiger charge is 2.27. The van der Waals surface area contributed by atoms with Crippen LogP contribution in [0.5, 0.6) is 0 Å². The Labute approximate surface area is 167 Å². The van der Waals surface area contributed by atoms with Gasteiger partial charge in [0.05, 0.1) is 35.5 Å². The van der Waals surface area contributed by atoms with Crippen LogP contribution in [-0.4, -0.2) is 57.5 Å². The summed E-state index contributed by atoms with van der Waals surface area (Å²) in [5.74, 6) is -0.371. The molecule has 154 valence electrons. The fourth-order valence-electron chi connectivity index (χ4n) is 2.52. The van der Waals surface area contributed by atoms with Gasteiger partial charge in [-0.25, -0.2) is 8.42 Å². The quantitative estimate of drug-likeness (QED) is 0.551. The van der Waals surface area contributed by atoms with Crippen LogP contribution in [0.4, 0.5) is 11.4 Å². The lowest BCUT2D eigenvalue weighted by Crippen LogP contribution is -2.40. The van der Waals surface area contributed by atoms with Crippen molar-refractivity contribution in [3.05, 3.63) is 18.2 Å². The second-order valence-corrected chi connectivity index (χ2v) is 8.22. The molecule has 0 saturated carbocycles. The van der Waals surface area contributed by atoms with Crippen LogP contribution in [0.2, 0.25) is 0 Å². The molecular formula is C17H29ClN4O4S. The van der Waals surface area contributed by atoms with Crippen molar-refractivity contribution in [1.82, 2.24) is 4.31 Å². The molecule has 1 fully saturated rings. The maximum Gasteiger partial charge on any atom is 0.243 e. The van der Waals surface area contributed by atoms with Crippen molar-refractivity contribution in [2.24, 2.45) is 5.73 Å². The Hall–Kier alpha value is -1.39. The third kappa shape index (κ3) is 6.32. The van der Waals surface area contributed by atoms with E-state index in [-0.39, 0.29) is 23.2 Å². The van der Waals surface area contributed by atoms with Gasteiger partial charge in [-0.2, -0.15) is 4.31 Å². The molecular weight excluding hydrogens is 392 g/mol. The van der Waals surface area contributed by atoms with E-state index in [1.165, 1.54) is 10.4 Å². The molecule has 0 spiro atoms. The summed E-state index contributed by atoms with van der Waals surface area (Å²) in [5.41, 5.74) is 6.71. The SMILES string of the molecule is CCCCNc1ccc(S(=O)(=O)N2CCOCC2)cc1NC(=O)[C@H](C)N.Cl. The lowest BCUT2D eigenvalue weighted by atomic mass is 10.2. The van der Waals surface area contributed by atoms with E-state index >= 15 is 0 Å². The molecule has 0 bridgehead atoms. The van der Waals surface area contributed by atoms with Gasteiger partial charge in [-0.1, -0.05) is 13.3 Å². The Kier molecular flexibility index (Phi) is 9.48. The second kappa shape index (κ2) is 10.8. The minimum atomic E-state index is -3.64. The van der Waals surface area contributed by atoms with Gasteiger partial charge in [0.15, 0.2) is 0 Å². The van der Waals surface area contributed by atoms with E-state index in [2.05, 4.69) is 17.6 Å². The van der Waals surface area contributed by atoms with E-state index < -0.39 is 16.1 Å². The molecule has 10 heteroatoms. The fourth-order valence-corrected chi connectivity index (χ4v) is 3.96. The van der Waals surface area contributed by atoms with Crippen LogP contribution in [0.1, 0.15) is 26.7 Å². The van der Waals surface area contributed by atoms with Crippen LogP contribution in [0.3, 0.4) is 0 Å². The number of unbranched alkanes of at least 4 members (excludes halogenated alkanes) is 1. The van der Waals surface area contributed by atoms with E-state index in [4.69, 9.17) is 10.5 Å². The molecule has 4 N–H and O–H groups in total. The van der Waals surface area contributed by atoms with E-state index in [0.29, 0.717) is 37.7 Å². The zero-order valence-electron chi connectivity index (χ0n) is 15.7. The Balaban J connectivity index is 0.00000364. The molecule has 2 rings (SSSR count). The Morgan fingerprint density at radius 3 is 2.56 bits per heavy atom. The summed E-state index contributed by atoms with van der Waals surface area (Å²) in [5, 5.41) is 5.95. The lowest BCUT2D eigenvalue weighted by molar-refractivity contribution is -0.117. The first-order valence-electron chi connectivity index (χ1n) is 8.88. The van der Waals surface area contributed by atoms with Gasteiger partial charge in [0.25, 0.3) is 0 Å². The zero-order valence-corrected chi connectivity index (χ0v) is 17.4. The first kappa shape index (κ1) is 23.6. The highest BCUT2D eigenvalue weighted by atomic mass is 35.5. The predicted octanol–water partition coefficient (Wildman–Crippen LogP) is 1.63. The van der Waals surface area contributed by atoms with Gasteiger partial charge >= 0.3 is 0 Å². The number of nitrogens with two attached hydrogens (primary N) is 1. The molecule has 27 heavy (non-hydrogen) atoms. The Morgan fingerprint density at radius 2 is 1.96 bits per heavy atom. The van der Waals surface area contributed by atoms with Gasteiger partial charge in [-0.05, 0) is 31.5 Å². The molecule has 8 nitrogen and oxygen atoms in total. The summed E-state index contributed by atoms with van der Waals surface area (Å²) in [6, 6.07) is 4.03. The second-order valence-electron chi connectivity index (χ2n) is 6.28. The van der Waals surface area contributed by atoms with Gasteiger partial charge in [-0.3, -0.25) is 4.79 Å². The van der Waals surface area contributed by atoms with Crippen LogP contribution >= 0.6 is 12.4 Å². The summed E-state index contributed by atoms with van der Waals surface area (Å²) in [7, 11) is -3.64. The average molecular weight is 421 g/mol. The van der Waals surface area contributed by atoms with Crippen LogP contribution in [0, 0.1) is 0 Å². The minimum absolute atomic E-state index is 0. The molecule has 1 aliphatic rings. The highest BCUT2D eigenvalue weighted by Crippen LogP contribution is 2.28. The Morgan fingerprint density at radius 1 is 1.30 bits per heavy atom. The number of halogens is 1. The maximum absolute atomic E-state index is 12.8. The maximum atomic E-state index is 12.8. The number of carbonyl (C=O) groups is 1. The number of anilines is 2. The average Bonchev–Trinajstić information content (AvgIpc) is 2.63. The number of hydrogen-bond acceptors (Lipinski definition) is 6. The monoisotopic (exact) mass is 420 g/mol. The molecule has 1 atom stereocenters. The number of ether oxygens (including phenoxy) is 1. The molecule has 1 saturated heterocycles. The molecule has 0 radical (unpaired) electrons. The first-order valence-corrected chi connectivity index (χ1v) is 10.3. The number of rotatable bonds is 8. The number of carbonyl (C=O) groups excluding carboxylic acids is 1. The van der Waals surface area contributed by atoms with Crippen LogP contribution < -0.4 is 16.4 Å². The highest BCUT2D eigenvalue weighted by molar-refractivity contribution is 7.89. The van der Waals surface area contributed by atoms with Gasteiger partial charge < -0.3 is 21.1 Å². The normalized spacial score (nSPS) is 16.3. The number of nitrogens with zero attached hydrogens (tertiary/aromatic N) is 1. The summed E-state index contributed by atoms with van der Waals surface area (Å²) in [4.78, 5) is 12.2. The fraction of sp³-hybridized carbons (Fsp3) is 0.588. The van der Waals surface area contributed by atoms with Crippen LogP contribution in [0.15, 0.2) is 23.1 Å². The van der Waals surface area contributed by atoms with Crippen molar-refractivity contribution in [1.29, 1.82) is 0 Å². The van der Waals surface area contributed by atoms with Gasteiger partial charge in [0.1, 0.15) is 0 Å². The van der Waals surface area contributed by atoms with Gasteiger partial charge in [0.2, 0.25) is 15.9 Å². The van der Waals surface area contributed by atoms with E-state index in [9.17, 15) is 13.2 Å². The summed E-state index contributed by atoms with van der Waals surface area (Å²) >= 11 is 0. The van der Waals surface area contributed by atoms with E-state index in [0.717, 1.165) is 19.4 Å². The van der Waals surface area contributed by atoms with Gasteiger partial charge in [0, 0.05) is 19.6 Å². The largest absolute Gasteiger partial charge is 0.383 e. The molecule has 0 aromatic heterocycles. The molecule has 1 aromatic rings. The van der Waals surface area contributed by atoms with Crippen molar-refractivity contribution < 1.29 is 17.9 Å². The molecule has 1 aliphatic heterocycles. The molecule has 1 heterocycles. The molecule has 1 aromatic carbocycles. The number of benzene rings is 1. The molecule has 0 unspecified atom stereocenters. The third-order valence-electron chi connectivity index (χ3n) is 4.12. The Bertz CT molecular complexity index is 722. The summed E-state index contributed by atoms with van der Waals surface area (Å²) in [6.45, 7) is 5.79. The molecule has 1 amide bonds. The standard InChI is InChI=1S/C17H28N4O4S.ClH/c1-3-4-7-19-15-6-5-14(12-16(15)20-17(22)13(2)18)26(23,24)21-8-10-25-11-9-21;/h5-6,12-13,19H,3-4,7-11,18H2,1-2H3,(H,20,22);1H/t13-;/m0./s1. The topological polar surface area (TPSA) is 114 Å². The summed E-state index contributed by atoms with van der Waals surface area (Å²) in [6.07, 6.45) is 1.99. The number of nitrogens with one attached hydrogen (secondary N) is 2. The number of hydrogen-bond donors (Lipinski definition) is 3. The van der Waals surface area contributed by atoms with Crippen molar-refractivity contribution in [3.63, 3.8) is 0 Å². The van der Waals surface area contributed by atoms with E-state index in [1.807, 2.05) is 0 Å². The van der Waals surface area contributed by atoms with E-state index in [1.54, 1.807) is 19.1 Å². The molecule has 0 aliphatic carbocycles. The third-order valence-corrected chi connectivity index (χ3v) is 6.01. The van der Waals surface area contributed by atoms with Crippen molar-refractivity contribution in [3.8, 4) is 0 Å².